The number of aryl methyl sites for hydroxylation is 1. The summed E-state index contributed by atoms with van der Waals surface area (Å²) >= 11 is 0. The van der Waals surface area contributed by atoms with Crippen LogP contribution in [0, 0.1) is 13.8 Å². The van der Waals surface area contributed by atoms with E-state index in [1.807, 2.05) is 30.3 Å². The molecule has 2 rings (SSSR count). The number of amides is 2. The van der Waals surface area contributed by atoms with Crippen molar-refractivity contribution in [2.24, 2.45) is 0 Å². The summed E-state index contributed by atoms with van der Waals surface area (Å²) in [4.78, 5) is 49.1. The van der Waals surface area contributed by atoms with E-state index in [4.69, 9.17) is 4.74 Å². The van der Waals surface area contributed by atoms with Crippen molar-refractivity contribution in [2.75, 3.05) is 20.7 Å². The molecule has 0 saturated heterocycles. The molecule has 29 heavy (non-hydrogen) atoms. The van der Waals surface area contributed by atoms with Crippen LogP contribution < -0.4 is 5.32 Å². The number of hydrogen-bond donors (Lipinski definition) is 2. The van der Waals surface area contributed by atoms with Crippen molar-refractivity contribution in [1.29, 1.82) is 0 Å². The third kappa shape index (κ3) is 7.61. The Balaban J connectivity index is 0.000000749. The van der Waals surface area contributed by atoms with Crippen molar-refractivity contribution >= 4 is 24.1 Å². The van der Waals surface area contributed by atoms with E-state index >= 15 is 0 Å². The molecule has 0 unspecified atom stereocenters. The zero-order valence-corrected chi connectivity index (χ0v) is 17.4. The van der Waals surface area contributed by atoms with Crippen LogP contribution in [-0.4, -0.2) is 54.7 Å². The molecule has 0 spiro atoms. The molecule has 2 N–H and O–H groups in total. The molecule has 0 bridgehead atoms. The van der Waals surface area contributed by atoms with Gasteiger partial charge >= 0.3 is 5.97 Å². The van der Waals surface area contributed by atoms with E-state index in [0.29, 0.717) is 23.4 Å². The molecular formula is C21H27N3O5. The Morgan fingerprint density at radius 2 is 1.72 bits per heavy atom. The summed E-state index contributed by atoms with van der Waals surface area (Å²) in [5.41, 5.74) is 2.79. The lowest BCUT2D eigenvalue weighted by Gasteiger charge is -2.06. The number of aromatic amines is 1. The second-order valence-electron chi connectivity index (χ2n) is 6.59. The summed E-state index contributed by atoms with van der Waals surface area (Å²) in [6.07, 6.45) is 0.750. The highest BCUT2D eigenvalue weighted by Gasteiger charge is 2.21. The summed E-state index contributed by atoms with van der Waals surface area (Å²) in [6, 6.07) is 9.43. The van der Waals surface area contributed by atoms with E-state index in [1.165, 1.54) is 11.8 Å². The van der Waals surface area contributed by atoms with Crippen LogP contribution in [0.25, 0.3) is 0 Å². The van der Waals surface area contributed by atoms with Crippen LogP contribution >= 0.6 is 0 Å². The van der Waals surface area contributed by atoms with E-state index in [2.05, 4.69) is 10.3 Å². The molecule has 1 aromatic heterocycles. The summed E-state index contributed by atoms with van der Waals surface area (Å²) in [7, 11) is 3.38. The molecule has 0 radical (unpaired) electrons. The third-order valence-electron chi connectivity index (χ3n) is 3.87. The maximum atomic E-state index is 12.1. The van der Waals surface area contributed by atoms with Crippen molar-refractivity contribution in [2.45, 2.75) is 27.3 Å². The van der Waals surface area contributed by atoms with Crippen molar-refractivity contribution in [3.05, 3.63) is 58.4 Å². The van der Waals surface area contributed by atoms with Gasteiger partial charge in [0.05, 0.1) is 0 Å². The highest BCUT2D eigenvalue weighted by Crippen LogP contribution is 2.19. The number of rotatable bonds is 7. The Hall–Kier alpha value is -3.42. The first kappa shape index (κ1) is 23.6. The average molecular weight is 401 g/mol. The molecule has 8 heteroatoms. The van der Waals surface area contributed by atoms with Crippen LogP contribution in [0.3, 0.4) is 0 Å². The fraction of sp³-hybridized carbons (Fsp3) is 0.333. The van der Waals surface area contributed by atoms with Gasteiger partial charge in [0.25, 0.3) is 5.91 Å². The Kier molecular flexibility index (Phi) is 9.31. The van der Waals surface area contributed by atoms with Crippen molar-refractivity contribution < 1.29 is 23.9 Å². The largest absolute Gasteiger partial charge is 0.451 e. The SMILES string of the molecule is CC(=O)c1c(C)[nH]c(C(=O)OCC(=O)NCc2ccccc2)c1C.CN(C)C=O. The average Bonchev–Trinajstić information content (AvgIpc) is 3.00. The predicted octanol–water partition coefficient (Wildman–Crippen LogP) is 2.01. The summed E-state index contributed by atoms with van der Waals surface area (Å²) in [6.45, 7) is 4.82. The molecule has 0 fully saturated rings. The summed E-state index contributed by atoms with van der Waals surface area (Å²) < 4.78 is 5.01. The number of nitrogens with one attached hydrogen (secondary N) is 2. The van der Waals surface area contributed by atoms with Gasteiger partial charge in [-0.3, -0.25) is 14.4 Å². The van der Waals surface area contributed by atoms with Gasteiger partial charge in [0, 0.05) is 31.9 Å². The number of hydrogen-bond acceptors (Lipinski definition) is 5. The zero-order chi connectivity index (χ0) is 22.0. The number of benzene rings is 1. The van der Waals surface area contributed by atoms with Gasteiger partial charge in [-0.1, -0.05) is 30.3 Å². The molecule has 1 heterocycles. The normalized spacial score (nSPS) is 9.69. The molecular weight excluding hydrogens is 374 g/mol. The number of esters is 1. The smallest absolute Gasteiger partial charge is 0.355 e. The maximum absolute atomic E-state index is 12.1. The Bertz CT molecular complexity index is 857. The third-order valence-corrected chi connectivity index (χ3v) is 3.87. The zero-order valence-electron chi connectivity index (χ0n) is 17.4. The second-order valence-corrected chi connectivity index (χ2v) is 6.59. The first-order valence-corrected chi connectivity index (χ1v) is 8.96. The molecule has 2 aromatic rings. The number of ketones is 1. The van der Waals surface area contributed by atoms with Gasteiger partial charge in [-0.25, -0.2) is 4.79 Å². The fourth-order valence-corrected chi connectivity index (χ4v) is 2.53. The number of H-pyrrole nitrogens is 1. The van der Waals surface area contributed by atoms with Gasteiger partial charge in [0.1, 0.15) is 5.69 Å². The fourth-order valence-electron chi connectivity index (χ4n) is 2.53. The molecule has 0 aliphatic carbocycles. The molecule has 0 saturated carbocycles. The van der Waals surface area contributed by atoms with E-state index in [-0.39, 0.29) is 24.0 Å². The van der Waals surface area contributed by atoms with Crippen molar-refractivity contribution in [3.63, 3.8) is 0 Å². The van der Waals surface area contributed by atoms with Gasteiger partial charge in [-0.05, 0) is 31.9 Å². The van der Waals surface area contributed by atoms with Gasteiger partial charge in [-0.2, -0.15) is 0 Å². The second kappa shape index (κ2) is 11.4. The highest BCUT2D eigenvalue weighted by atomic mass is 16.5. The molecule has 0 aliphatic rings. The molecule has 0 aliphatic heterocycles. The number of ether oxygens (including phenoxy) is 1. The topological polar surface area (TPSA) is 109 Å². The van der Waals surface area contributed by atoms with Crippen molar-refractivity contribution in [3.8, 4) is 0 Å². The van der Waals surface area contributed by atoms with Crippen molar-refractivity contribution in [1.82, 2.24) is 15.2 Å². The number of carbonyl (C=O) groups is 4. The van der Waals surface area contributed by atoms with Crippen LogP contribution in [0.1, 0.15) is 44.6 Å². The summed E-state index contributed by atoms with van der Waals surface area (Å²) in [5.74, 6) is -1.17. The number of Topliss-reactive ketones (excluding diaryl/α,β-unsaturated/α-hetero) is 1. The van der Waals surface area contributed by atoms with E-state index in [9.17, 15) is 19.2 Å². The minimum Gasteiger partial charge on any atom is -0.451 e. The monoisotopic (exact) mass is 401 g/mol. The molecule has 0 atom stereocenters. The van der Waals surface area contributed by atoms with E-state index in [1.54, 1.807) is 27.9 Å². The Morgan fingerprint density at radius 1 is 1.14 bits per heavy atom. The van der Waals surface area contributed by atoms with Gasteiger partial charge < -0.3 is 19.9 Å². The quantitative estimate of drug-likeness (QED) is 0.419. The van der Waals surface area contributed by atoms with E-state index < -0.39 is 5.97 Å². The van der Waals surface area contributed by atoms with Crippen LogP contribution in [0.4, 0.5) is 0 Å². The highest BCUT2D eigenvalue weighted by molar-refractivity contribution is 6.01. The summed E-state index contributed by atoms with van der Waals surface area (Å²) in [5, 5.41) is 2.67. The number of aromatic nitrogens is 1. The lowest BCUT2D eigenvalue weighted by Crippen LogP contribution is -2.28. The Labute approximate surface area is 170 Å². The van der Waals surface area contributed by atoms with Crippen LogP contribution in [0.5, 0.6) is 0 Å². The molecule has 8 nitrogen and oxygen atoms in total. The van der Waals surface area contributed by atoms with Crippen LogP contribution in [-0.2, 0) is 20.9 Å². The van der Waals surface area contributed by atoms with Crippen LogP contribution in [0.15, 0.2) is 30.3 Å². The first-order chi connectivity index (χ1) is 13.7. The molecule has 1 aromatic carbocycles. The minimum atomic E-state index is -0.655. The number of carbonyl (C=O) groups excluding carboxylic acids is 4. The lowest BCUT2D eigenvalue weighted by molar-refractivity contribution is -0.124. The first-order valence-electron chi connectivity index (χ1n) is 8.96. The standard InChI is InChI=1S/C18H20N2O4.C3H7NO/c1-11-16(13(3)21)12(2)20-17(11)18(23)24-10-15(22)19-9-14-7-5-4-6-8-14;1-4(2)3-5/h4-8,20H,9-10H2,1-3H3,(H,19,22);3H,1-2H3. The lowest BCUT2D eigenvalue weighted by atomic mass is 10.1. The maximum Gasteiger partial charge on any atom is 0.355 e. The van der Waals surface area contributed by atoms with E-state index in [0.717, 1.165) is 12.0 Å². The van der Waals surface area contributed by atoms with Crippen LogP contribution in [0.2, 0.25) is 0 Å². The van der Waals surface area contributed by atoms with Gasteiger partial charge in [0.15, 0.2) is 12.4 Å². The molecule has 156 valence electrons. The Morgan fingerprint density at radius 3 is 2.21 bits per heavy atom. The number of nitrogens with zero attached hydrogens (tertiary/aromatic N) is 1. The molecule has 2 amide bonds. The predicted molar refractivity (Wildman–Crippen MR) is 109 cm³/mol. The van der Waals surface area contributed by atoms with Gasteiger partial charge in [-0.15, -0.1) is 0 Å². The van der Waals surface area contributed by atoms with Gasteiger partial charge in [0.2, 0.25) is 6.41 Å². The minimum absolute atomic E-state index is 0.124.